The van der Waals surface area contributed by atoms with Crippen LogP contribution in [-0.2, 0) is 0 Å². The molecule has 1 fully saturated rings. The maximum Gasteiger partial charge on any atom is 0.237 e. The summed E-state index contributed by atoms with van der Waals surface area (Å²) in [7, 11) is 2.11. The van der Waals surface area contributed by atoms with Gasteiger partial charge in [0.15, 0.2) is 5.82 Å². The maximum absolute atomic E-state index is 15.4. The Morgan fingerprint density at radius 1 is 1.23 bits per heavy atom. The van der Waals surface area contributed by atoms with Gasteiger partial charge in [0.1, 0.15) is 12.3 Å². The summed E-state index contributed by atoms with van der Waals surface area (Å²) in [4.78, 5) is 15.6. The minimum absolute atomic E-state index is 0.00329. The Balaban J connectivity index is 1.35. The quantitative estimate of drug-likeness (QED) is 0.382. The Bertz CT molecular complexity index is 1440. The predicted octanol–water partition coefficient (Wildman–Crippen LogP) is 3.34. The number of likely N-dealkylation sites (N-methyl/N-ethyl adjacent to an activating group) is 1. The van der Waals surface area contributed by atoms with Gasteiger partial charge in [-0.2, -0.15) is 5.10 Å². The van der Waals surface area contributed by atoms with Crippen molar-refractivity contribution in [1.82, 2.24) is 29.6 Å². The van der Waals surface area contributed by atoms with Crippen LogP contribution in [0.3, 0.4) is 0 Å². The first-order chi connectivity index (χ1) is 17.0. The molecule has 4 N–H and O–H groups in total. The molecule has 0 bridgehead atoms. The van der Waals surface area contributed by atoms with Crippen molar-refractivity contribution in [2.75, 3.05) is 49.7 Å². The van der Waals surface area contributed by atoms with Gasteiger partial charge in [-0.15, -0.1) is 0 Å². The molecule has 4 aromatic rings. The molecule has 1 saturated heterocycles. The summed E-state index contributed by atoms with van der Waals surface area (Å²) >= 11 is 0. The molecule has 0 spiro atoms. The number of nitrogens with two attached hydrogens (primary N) is 1. The highest BCUT2D eigenvalue weighted by Gasteiger charge is 2.23. The van der Waals surface area contributed by atoms with Crippen molar-refractivity contribution >= 4 is 33.9 Å². The molecule has 5 heterocycles. The summed E-state index contributed by atoms with van der Waals surface area (Å²) in [6.07, 6.45) is 7.93. The van der Waals surface area contributed by atoms with E-state index in [0.29, 0.717) is 53.1 Å². The Labute approximate surface area is 201 Å². The van der Waals surface area contributed by atoms with Gasteiger partial charge in [-0.25, -0.2) is 19.3 Å². The van der Waals surface area contributed by atoms with Crippen molar-refractivity contribution in [3.63, 3.8) is 0 Å². The van der Waals surface area contributed by atoms with Gasteiger partial charge in [0.05, 0.1) is 29.1 Å². The predicted molar refractivity (Wildman–Crippen MR) is 133 cm³/mol. The number of anilines is 4. The summed E-state index contributed by atoms with van der Waals surface area (Å²) in [6, 6.07) is 2.04. The zero-order valence-corrected chi connectivity index (χ0v) is 19.5. The molecule has 0 amide bonds. The van der Waals surface area contributed by atoms with E-state index in [1.54, 1.807) is 18.5 Å². The third kappa shape index (κ3) is 3.77. The third-order valence-electron chi connectivity index (χ3n) is 6.70. The lowest BCUT2D eigenvalue weighted by Gasteiger charge is -2.22. The molecule has 1 atom stereocenters. The van der Waals surface area contributed by atoms with Gasteiger partial charge in [-0.3, -0.25) is 4.68 Å². The van der Waals surface area contributed by atoms with E-state index in [4.69, 9.17) is 10.5 Å². The normalized spacial score (nSPS) is 17.7. The second kappa shape index (κ2) is 8.35. The van der Waals surface area contributed by atoms with Crippen molar-refractivity contribution in [3.8, 4) is 17.0 Å². The fourth-order valence-corrected chi connectivity index (χ4v) is 4.78. The highest BCUT2D eigenvalue weighted by atomic mass is 19.1. The van der Waals surface area contributed by atoms with Crippen molar-refractivity contribution in [1.29, 1.82) is 0 Å². The lowest BCUT2D eigenvalue weighted by atomic mass is 9.98. The van der Waals surface area contributed by atoms with E-state index < -0.39 is 5.82 Å². The van der Waals surface area contributed by atoms with Crippen LogP contribution in [0.15, 0.2) is 30.9 Å². The van der Waals surface area contributed by atoms with Crippen LogP contribution in [0, 0.1) is 12.7 Å². The van der Waals surface area contributed by atoms with Crippen LogP contribution in [0.2, 0.25) is 0 Å². The van der Waals surface area contributed by atoms with Crippen molar-refractivity contribution < 1.29 is 9.13 Å². The summed E-state index contributed by atoms with van der Waals surface area (Å²) in [5.41, 5.74) is 10.1. The van der Waals surface area contributed by atoms with Gasteiger partial charge in [-0.1, -0.05) is 0 Å². The highest BCUT2D eigenvalue weighted by Crippen LogP contribution is 2.39. The Hall–Kier alpha value is -3.99. The minimum atomic E-state index is -0.522. The zero-order valence-electron chi connectivity index (χ0n) is 19.5. The number of fused-ring (bicyclic) bond motifs is 2. The van der Waals surface area contributed by atoms with Crippen LogP contribution in [0.5, 0.6) is 5.88 Å². The van der Waals surface area contributed by atoms with E-state index in [1.165, 1.54) is 6.20 Å². The van der Waals surface area contributed by atoms with E-state index in [1.807, 2.05) is 17.8 Å². The summed E-state index contributed by atoms with van der Waals surface area (Å²) in [5, 5.41) is 11.4. The smallest absolute Gasteiger partial charge is 0.237 e. The molecule has 6 rings (SSSR count). The lowest BCUT2D eigenvalue weighted by molar-refractivity contribution is 0.310. The number of hydrogen-bond acceptors (Lipinski definition) is 9. The number of hydrogen-bond donors (Lipinski definition) is 3. The molecule has 0 unspecified atom stereocenters. The summed E-state index contributed by atoms with van der Waals surface area (Å²) in [5.74, 6) is 0.379. The second-order valence-electron chi connectivity index (χ2n) is 9.07. The van der Waals surface area contributed by atoms with Crippen LogP contribution in [0.1, 0.15) is 18.0 Å². The Morgan fingerprint density at radius 3 is 2.94 bits per heavy atom. The number of ether oxygens (including phenoxy) is 1. The van der Waals surface area contributed by atoms with Crippen LogP contribution in [-0.4, -0.2) is 62.9 Å². The second-order valence-corrected chi connectivity index (χ2v) is 9.07. The van der Waals surface area contributed by atoms with E-state index in [0.717, 1.165) is 36.4 Å². The van der Waals surface area contributed by atoms with Gasteiger partial charge in [0.2, 0.25) is 11.8 Å². The van der Waals surface area contributed by atoms with Crippen molar-refractivity contribution in [2.24, 2.45) is 0 Å². The minimum Gasteiger partial charge on any atom is -0.474 e. The zero-order chi connectivity index (χ0) is 24.1. The molecule has 0 aliphatic carbocycles. The number of benzene rings is 1. The van der Waals surface area contributed by atoms with Gasteiger partial charge in [0.25, 0.3) is 0 Å². The summed E-state index contributed by atoms with van der Waals surface area (Å²) < 4.78 is 22.9. The largest absolute Gasteiger partial charge is 0.474 e. The van der Waals surface area contributed by atoms with Crippen molar-refractivity contribution in [3.05, 3.63) is 42.2 Å². The number of rotatable bonds is 4. The SMILES string of the molecule is Cc1c(-c2cc3nc(Nc4cnn([C@H]5CCN(C)C5)c4)ncc3c(N)c2F)cnc2c1NCCO2. The van der Waals surface area contributed by atoms with Gasteiger partial charge < -0.3 is 26.0 Å². The van der Waals surface area contributed by atoms with Crippen LogP contribution < -0.4 is 21.1 Å². The maximum atomic E-state index is 15.4. The van der Waals surface area contributed by atoms with E-state index in [-0.39, 0.29) is 5.69 Å². The molecule has 2 aliphatic heterocycles. The number of nitrogens with zero attached hydrogens (tertiary/aromatic N) is 6. The molecule has 2 aliphatic rings. The average molecular weight is 476 g/mol. The fraction of sp³-hybridized carbons (Fsp3) is 0.333. The molecule has 1 aromatic carbocycles. The molecule has 10 nitrogen and oxygen atoms in total. The first-order valence-corrected chi connectivity index (χ1v) is 11.6. The number of halogens is 1. The molecule has 11 heteroatoms. The molecular formula is C24H26FN9O. The molecule has 180 valence electrons. The van der Waals surface area contributed by atoms with Crippen LogP contribution in [0.4, 0.5) is 27.4 Å². The Morgan fingerprint density at radius 2 is 2.11 bits per heavy atom. The first-order valence-electron chi connectivity index (χ1n) is 11.6. The number of nitrogen functional groups attached to an aromatic ring is 1. The van der Waals surface area contributed by atoms with Crippen molar-refractivity contribution in [2.45, 2.75) is 19.4 Å². The molecule has 0 saturated carbocycles. The van der Waals surface area contributed by atoms with E-state index in [2.05, 4.69) is 42.6 Å². The van der Waals surface area contributed by atoms with Crippen LogP contribution >= 0.6 is 0 Å². The van der Waals surface area contributed by atoms with E-state index >= 15 is 4.39 Å². The average Bonchev–Trinajstić information content (AvgIpc) is 3.51. The number of aromatic nitrogens is 5. The number of likely N-dealkylation sites (tertiary alicyclic amines) is 1. The lowest BCUT2D eigenvalue weighted by Crippen LogP contribution is -2.20. The molecule has 35 heavy (non-hydrogen) atoms. The van der Waals surface area contributed by atoms with Gasteiger partial charge in [-0.05, 0) is 38.6 Å². The molecule has 0 radical (unpaired) electrons. The third-order valence-corrected chi connectivity index (χ3v) is 6.70. The van der Waals surface area contributed by atoms with E-state index in [9.17, 15) is 0 Å². The van der Waals surface area contributed by atoms with Gasteiger partial charge in [0, 0.05) is 48.2 Å². The van der Waals surface area contributed by atoms with Crippen LogP contribution in [0.25, 0.3) is 22.0 Å². The monoisotopic (exact) mass is 475 g/mol. The van der Waals surface area contributed by atoms with Gasteiger partial charge >= 0.3 is 0 Å². The summed E-state index contributed by atoms with van der Waals surface area (Å²) in [6.45, 7) is 5.14. The fourth-order valence-electron chi connectivity index (χ4n) is 4.78. The topological polar surface area (TPSA) is 119 Å². The number of pyridine rings is 1. The standard InChI is InChI=1S/C24H26FN9O/c1-13-17(9-28-23-22(13)27-4-6-35-23)16-7-19-18(21(26)20(16)25)10-29-24(32-19)31-14-8-30-34(11-14)15-3-5-33(2)12-15/h7-11,15,27H,3-6,12,26H2,1-2H3,(H,29,31,32)/t15-/m0/s1. The molecule has 3 aromatic heterocycles. The molecular weight excluding hydrogens is 449 g/mol. The highest BCUT2D eigenvalue weighted by molar-refractivity contribution is 5.96. The Kier molecular flexibility index (Phi) is 5.14. The first kappa shape index (κ1) is 21.5. The number of nitrogens with one attached hydrogen (secondary N) is 2.